The summed E-state index contributed by atoms with van der Waals surface area (Å²) in [7, 11) is 0. The van der Waals surface area contributed by atoms with E-state index in [1.54, 1.807) is 36.4 Å². The lowest BCUT2D eigenvalue weighted by Crippen LogP contribution is -2.17. The van der Waals surface area contributed by atoms with Crippen LogP contribution >= 0.6 is 0 Å². The molecule has 0 aliphatic carbocycles. The molecular weight excluding hydrogens is 295 g/mol. The Hall–Kier alpha value is -2.76. The minimum Gasteiger partial charge on any atom is -0.444 e. The SMILES string of the molecule is FC(F)(F)Oc1ccccc1-c1cccc(-c2cnco2)c1. The van der Waals surface area contributed by atoms with Gasteiger partial charge in [0.1, 0.15) is 5.75 Å². The molecule has 0 unspecified atom stereocenters. The average molecular weight is 305 g/mol. The Morgan fingerprint density at radius 2 is 1.73 bits per heavy atom. The summed E-state index contributed by atoms with van der Waals surface area (Å²) in [5.41, 5.74) is 1.66. The van der Waals surface area contributed by atoms with Crippen LogP contribution in [0.5, 0.6) is 5.75 Å². The second-order valence-corrected chi connectivity index (χ2v) is 4.49. The number of aromatic nitrogens is 1. The van der Waals surface area contributed by atoms with Crippen LogP contribution in [0.15, 0.2) is 65.5 Å². The summed E-state index contributed by atoms with van der Waals surface area (Å²) >= 11 is 0. The zero-order valence-corrected chi connectivity index (χ0v) is 11.2. The maximum absolute atomic E-state index is 12.5. The van der Waals surface area contributed by atoms with Crippen molar-refractivity contribution < 1.29 is 22.3 Å². The van der Waals surface area contributed by atoms with Gasteiger partial charge in [-0.3, -0.25) is 0 Å². The van der Waals surface area contributed by atoms with E-state index in [0.717, 1.165) is 5.56 Å². The van der Waals surface area contributed by atoms with Gasteiger partial charge in [-0.25, -0.2) is 4.98 Å². The lowest BCUT2D eigenvalue weighted by atomic mass is 10.0. The van der Waals surface area contributed by atoms with E-state index in [1.807, 2.05) is 0 Å². The van der Waals surface area contributed by atoms with Gasteiger partial charge in [-0.05, 0) is 17.7 Å². The number of hydrogen-bond donors (Lipinski definition) is 0. The van der Waals surface area contributed by atoms with E-state index < -0.39 is 6.36 Å². The molecule has 3 aromatic rings. The van der Waals surface area contributed by atoms with E-state index in [2.05, 4.69) is 9.72 Å². The summed E-state index contributed by atoms with van der Waals surface area (Å²) < 4.78 is 46.8. The first-order valence-corrected chi connectivity index (χ1v) is 6.37. The second-order valence-electron chi connectivity index (χ2n) is 4.49. The van der Waals surface area contributed by atoms with Gasteiger partial charge in [0.05, 0.1) is 6.20 Å². The molecule has 3 nitrogen and oxygen atoms in total. The third-order valence-corrected chi connectivity index (χ3v) is 3.00. The lowest BCUT2D eigenvalue weighted by molar-refractivity contribution is -0.274. The summed E-state index contributed by atoms with van der Waals surface area (Å²) in [6.45, 7) is 0. The zero-order chi connectivity index (χ0) is 15.6. The number of oxazole rings is 1. The molecule has 2 aromatic carbocycles. The highest BCUT2D eigenvalue weighted by molar-refractivity contribution is 5.74. The van der Waals surface area contributed by atoms with Crippen molar-refractivity contribution in [3.05, 3.63) is 61.1 Å². The van der Waals surface area contributed by atoms with Crippen molar-refractivity contribution in [2.75, 3.05) is 0 Å². The summed E-state index contributed by atoms with van der Waals surface area (Å²) in [6.07, 6.45) is -1.90. The normalized spacial score (nSPS) is 11.4. The average Bonchev–Trinajstić information content (AvgIpc) is 3.00. The molecule has 0 aliphatic rings. The molecule has 3 rings (SSSR count). The topological polar surface area (TPSA) is 35.3 Å². The van der Waals surface area contributed by atoms with Crippen LogP contribution in [-0.4, -0.2) is 11.3 Å². The Bertz CT molecular complexity index is 767. The number of nitrogens with zero attached hydrogens (tertiary/aromatic N) is 1. The molecule has 0 amide bonds. The minimum absolute atomic E-state index is 0.246. The van der Waals surface area contributed by atoms with Gasteiger partial charge in [0.2, 0.25) is 0 Å². The van der Waals surface area contributed by atoms with Crippen LogP contribution in [0.1, 0.15) is 0 Å². The monoisotopic (exact) mass is 305 g/mol. The summed E-state index contributed by atoms with van der Waals surface area (Å²) in [4.78, 5) is 3.83. The molecule has 22 heavy (non-hydrogen) atoms. The van der Waals surface area contributed by atoms with E-state index in [-0.39, 0.29) is 5.75 Å². The summed E-state index contributed by atoms with van der Waals surface area (Å²) in [5.74, 6) is 0.292. The Labute approximate surface area is 124 Å². The molecule has 0 fully saturated rings. The first kappa shape index (κ1) is 14.2. The highest BCUT2D eigenvalue weighted by Gasteiger charge is 2.32. The number of halogens is 3. The number of para-hydroxylation sites is 1. The van der Waals surface area contributed by atoms with E-state index >= 15 is 0 Å². The molecule has 0 aliphatic heterocycles. The quantitative estimate of drug-likeness (QED) is 0.690. The second kappa shape index (κ2) is 5.55. The Morgan fingerprint density at radius 1 is 0.955 bits per heavy atom. The molecule has 0 saturated heterocycles. The van der Waals surface area contributed by atoms with Crippen molar-refractivity contribution in [3.63, 3.8) is 0 Å². The van der Waals surface area contributed by atoms with Crippen LogP contribution in [0.2, 0.25) is 0 Å². The highest BCUT2D eigenvalue weighted by Crippen LogP contribution is 2.35. The minimum atomic E-state index is -4.74. The van der Waals surface area contributed by atoms with Crippen LogP contribution < -0.4 is 4.74 Å². The van der Waals surface area contributed by atoms with E-state index in [1.165, 1.54) is 24.7 Å². The first-order chi connectivity index (χ1) is 10.5. The summed E-state index contributed by atoms with van der Waals surface area (Å²) in [6, 6.07) is 12.9. The van der Waals surface area contributed by atoms with Crippen molar-refractivity contribution in [2.24, 2.45) is 0 Å². The van der Waals surface area contributed by atoms with E-state index in [0.29, 0.717) is 16.9 Å². The van der Waals surface area contributed by atoms with E-state index in [9.17, 15) is 13.2 Å². The fourth-order valence-electron chi connectivity index (χ4n) is 2.12. The van der Waals surface area contributed by atoms with Gasteiger partial charge in [0.15, 0.2) is 12.2 Å². The molecular formula is C16H10F3NO2. The smallest absolute Gasteiger partial charge is 0.444 e. The van der Waals surface area contributed by atoms with Gasteiger partial charge in [-0.2, -0.15) is 0 Å². The zero-order valence-electron chi connectivity index (χ0n) is 11.2. The third-order valence-electron chi connectivity index (χ3n) is 3.00. The highest BCUT2D eigenvalue weighted by atomic mass is 19.4. The van der Waals surface area contributed by atoms with Crippen LogP contribution in [0.25, 0.3) is 22.5 Å². The van der Waals surface area contributed by atoms with Gasteiger partial charge in [0.25, 0.3) is 0 Å². The van der Waals surface area contributed by atoms with E-state index in [4.69, 9.17) is 4.42 Å². The molecule has 1 aromatic heterocycles. The molecule has 0 spiro atoms. The predicted octanol–water partition coefficient (Wildman–Crippen LogP) is 4.91. The fraction of sp³-hybridized carbons (Fsp3) is 0.0625. The number of rotatable bonds is 3. The van der Waals surface area contributed by atoms with Gasteiger partial charge in [0, 0.05) is 11.1 Å². The summed E-state index contributed by atoms with van der Waals surface area (Å²) in [5, 5.41) is 0. The number of benzene rings is 2. The number of alkyl halides is 3. The van der Waals surface area contributed by atoms with Crippen molar-refractivity contribution in [3.8, 4) is 28.2 Å². The van der Waals surface area contributed by atoms with Crippen molar-refractivity contribution >= 4 is 0 Å². The maximum atomic E-state index is 12.5. The van der Waals surface area contributed by atoms with Crippen molar-refractivity contribution in [1.82, 2.24) is 4.98 Å². The molecule has 0 bridgehead atoms. The van der Waals surface area contributed by atoms with Crippen molar-refractivity contribution in [2.45, 2.75) is 6.36 Å². The molecule has 0 N–H and O–H groups in total. The van der Waals surface area contributed by atoms with Gasteiger partial charge in [-0.15, -0.1) is 13.2 Å². The maximum Gasteiger partial charge on any atom is 0.573 e. The fourth-order valence-corrected chi connectivity index (χ4v) is 2.12. The molecule has 112 valence electrons. The van der Waals surface area contributed by atoms with Gasteiger partial charge in [-0.1, -0.05) is 36.4 Å². The van der Waals surface area contributed by atoms with Crippen molar-refractivity contribution in [1.29, 1.82) is 0 Å². The Balaban J connectivity index is 2.03. The molecule has 6 heteroatoms. The predicted molar refractivity (Wildman–Crippen MR) is 74.1 cm³/mol. The van der Waals surface area contributed by atoms with Crippen LogP contribution in [0.4, 0.5) is 13.2 Å². The number of ether oxygens (including phenoxy) is 1. The van der Waals surface area contributed by atoms with Gasteiger partial charge < -0.3 is 9.15 Å². The Morgan fingerprint density at radius 3 is 2.45 bits per heavy atom. The Kier molecular flexibility index (Phi) is 3.58. The molecule has 0 radical (unpaired) electrons. The molecule has 0 saturated carbocycles. The standard InChI is InChI=1S/C16H10F3NO2/c17-16(18,19)22-14-7-2-1-6-13(14)11-4-3-5-12(8-11)15-9-20-10-21-15/h1-10H. The van der Waals surface area contributed by atoms with Crippen LogP contribution in [-0.2, 0) is 0 Å². The first-order valence-electron chi connectivity index (χ1n) is 6.37. The number of hydrogen-bond acceptors (Lipinski definition) is 3. The lowest BCUT2D eigenvalue weighted by Gasteiger charge is -2.13. The molecule has 0 atom stereocenters. The van der Waals surface area contributed by atoms with Crippen LogP contribution in [0, 0.1) is 0 Å². The largest absolute Gasteiger partial charge is 0.573 e. The van der Waals surface area contributed by atoms with Gasteiger partial charge >= 0.3 is 6.36 Å². The molecule has 1 heterocycles. The van der Waals surface area contributed by atoms with Crippen LogP contribution in [0.3, 0.4) is 0 Å². The third kappa shape index (κ3) is 3.11.